The first-order chi connectivity index (χ1) is 21.3. The minimum atomic E-state index is 0.486. The molecule has 5 nitrogen and oxygen atoms in total. The van der Waals surface area contributed by atoms with Crippen LogP contribution in [0.1, 0.15) is 0 Å². The number of fused-ring (bicyclic) bond motifs is 6. The Kier molecular flexibility index (Phi) is 5.13. The Morgan fingerprint density at radius 3 is 1.09 bits per heavy atom. The van der Waals surface area contributed by atoms with Gasteiger partial charge in [-0.05, 0) is 60.7 Å². The Balaban J connectivity index is 1.13. The van der Waals surface area contributed by atoms with E-state index < -0.39 is 0 Å². The second kappa shape index (κ2) is 9.29. The van der Waals surface area contributed by atoms with Gasteiger partial charge in [0, 0.05) is 44.0 Å². The van der Waals surface area contributed by atoms with Gasteiger partial charge in [0.2, 0.25) is 11.8 Å². The first-order valence-corrected chi connectivity index (χ1v) is 14.3. The number of aromatic nitrogens is 4. The van der Waals surface area contributed by atoms with Crippen molar-refractivity contribution in [3.8, 4) is 34.3 Å². The topological polar surface area (TPSA) is 48.8 Å². The zero-order valence-electron chi connectivity index (χ0n) is 23.1. The highest BCUT2D eigenvalue weighted by Crippen LogP contribution is 2.35. The lowest BCUT2D eigenvalue weighted by Crippen LogP contribution is -1.94. The number of hydrogen-bond acceptors (Lipinski definition) is 3. The van der Waals surface area contributed by atoms with E-state index in [1.807, 2.05) is 24.3 Å². The van der Waals surface area contributed by atoms with E-state index in [0.717, 1.165) is 44.6 Å². The molecule has 0 aliphatic rings. The number of rotatable bonds is 4. The van der Waals surface area contributed by atoms with Gasteiger partial charge in [-0.2, -0.15) is 0 Å². The maximum absolute atomic E-state index is 6.31. The van der Waals surface area contributed by atoms with Gasteiger partial charge in [0.15, 0.2) is 0 Å². The third kappa shape index (κ3) is 3.65. The first-order valence-electron chi connectivity index (χ1n) is 14.3. The largest absolute Gasteiger partial charge is 0.416 e. The van der Waals surface area contributed by atoms with Crippen molar-refractivity contribution in [2.75, 3.05) is 0 Å². The molecule has 0 aliphatic heterocycles. The lowest BCUT2D eigenvalue weighted by Gasteiger charge is -2.09. The highest BCUT2D eigenvalue weighted by atomic mass is 16.4. The fraction of sp³-hybridized carbons (Fsp3) is 0. The highest BCUT2D eigenvalue weighted by molar-refractivity contribution is 6.10. The average molecular weight is 553 g/mol. The third-order valence-corrected chi connectivity index (χ3v) is 8.29. The molecule has 0 fully saturated rings. The average Bonchev–Trinajstić information content (AvgIpc) is 3.78. The summed E-state index contributed by atoms with van der Waals surface area (Å²) in [6, 6.07) is 50.6. The summed E-state index contributed by atoms with van der Waals surface area (Å²) < 4.78 is 10.9. The molecule has 0 aliphatic carbocycles. The van der Waals surface area contributed by atoms with Crippen LogP contribution >= 0.6 is 0 Å². The summed E-state index contributed by atoms with van der Waals surface area (Å²) in [4.78, 5) is 0. The molecule has 0 spiro atoms. The zero-order chi connectivity index (χ0) is 28.3. The van der Waals surface area contributed by atoms with E-state index in [4.69, 9.17) is 4.42 Å². The molecule has 3 heterocycles. The summed E-state index contributed by atoms with van der Waals surface area (Å²) in [5.41, 5.74) is 8.48. The molecule has 0 radical (unpaired) electrons. The molecule has 9 aromatic rings. The number of para-hydroxylation sites is 4. The molecule has 6 aromatic carbocycles. The van der Waals surface area contributed by atoms with E-state index in [0.29, 0.717) is 11.8 Å². The van der Waals surface area contributed by atoms with Crippen molar-refractivity contribution < 1.29 is 4.42 Å². The van der Waals surface area contributed by atoms with Crippen LogP contribution < -0.4 is 0 Å². The zero-order valence-corrected chi connectivity index (χ0v) is 23.1. The highest BCUT2D eigenvalue weighted by Gasteiger charge is 2.16. The van der Waals surface area contributed by atoms with E-state index in [2.05, 4.69) is 141 Å². The number of hydrogen-bond donors (Lipinski definition) is 0. The fourth-order valence-corrected chi connectivity index (χ4v) is 6.41. The van der Waals surface area contributed by atoms with Crippen molar-refractivity contribution >= 4 is 43.6 Å². The van der Waals surface area contributed by atoms with Gasteiger partial charge >= 0.3 is 0 Å². The van der Waals surface area contributed by atoms with Crippen molar-refractivity contribution in [1.29, 1.82) is 0 Å². The van der Waals surface area contributed by atoms with Crippen molar-refractivity contribution in [3.63, 3.8) is 0 Å². The second-order valence-electron chi connectivity index (χ2n) is 10.8. The summed E-state index contributed by atoms with van der Waals surface area (Å²) in [5, 5.41) is 13.9. The van der Waals surface area contributed by atoms with Gasteiger partial charge in [-0.15, -0.1) is 10.2 Å². The maximum Gasteiger partial charge on any atom is 0.248 e. The Bertz CT molecular complexity index is 2200. The Morgan fingerprint density at radius 1 is 0.372 bits per heavy atom. The van der Waals surface area contributed by atoms with Crippen LogP contribution in [0, 0.1) is 0 Å². The van der Waals surface area contributed by atoms with Gasteiger partial charge in [-0.25, -0.2) is 0 Å². The quantitative estimate of drug-likeness (QED) is 0.218. The Hall–Kier alpha value is -5.94. The van der Waals surface area contributed by atoms with Crippen LogP contribution in [0.15, 0.2) is 150 Å². The van der Waals surface area contributed by atoms with E-state index in [9.17, 15) is 0 Å². The van der Waals surface area contributed by atoms with Crippen molar-refractivity contribution in [2.24, 2.45) is 0 Å². The fourth-order valence-electron chi connectivity index (χ4n) is 6.41. The van der Waals surface area contributed by atoms with Crippen molar-refractivity contribution in [2.45, 2.75) is 0 Å². The molecule has 0 bridgehead atoms. The van der Waals surface area contributed by atoms with Crippen molar-refractivity contribution in [1.82, 2.24) is 19.3 Å². The molecule has 3 aromatic heterocycles. The van der Waals surface area contributed by atoms with E-state index in [1.165, 1.54) is 21.5 Å². The predicted octanol–water partition coefficient (Wildman–Crippen LogP) is 9.60. The van der Waals surface area contributed by atoms with Gasteiger partial charge in [-0.3, -0.25) is 0 Å². The van der Waals surface area contributed by atoms with Crippen LogP contribution in [0.25, 0.3) is 77.9 Å². The molecular weight excluding hydrogens is 528 g/mol. The van der Waals surface area contributed by atoms with Crippen LogP contribution in [0.4, 0.5) is 0 Å². The maximum atomic E-state index is 6.31. The predicted molar refractivity (Wildman–Crippen MR) is 174 cm³/mol. The van der Waals surface area contributed by atoms with Gasteiger partial charge < -0.3 is 13.6 Å². The van der Waals surface area contributed by atoms with Crippen molar-refractivity contribution in [3.05, 3.63) is 146 Å². The minimum absolute atomic E-state index is 0.486. The first kappa shape index (κ1) is 23.7. The molecule has 0 saturated carbocycles. The van der Waals surface area contributed by atoms with Crippen LogP contribution in [-0.2, 0) is 0 Å². The molecule has 0 saturated heterocycles. The van der Waals surface area contributed by atoms with Gasteiger partial charge in [0.1, 0.15) is 0 Å². The molecule has 43 heavy (non-hydrogen) atoms. The summed E-state index contributed by atoms with van der Waals surface area (Å²) in [7, 11) is 0. The van der Waals surface area contributed by atoms with Crippen LogP contribution in [-0.4, -0.2) is 19.3 Å². The monoisotopic (exact) mass is 552 g/mol. The lowest BCUT2D eigenvalue weighted by molar-refractivity contribution is 0.584. The van der Waals surface area contributed by atoms with Gasteiger partial charge in [-0.1, -0.05) is 84.9 Å². The summed E-state index contributed by atoms with van der Waals surface area (Å²) in [6.07, 6.45) is 0. The Labute approximate surface area is 246 Å². The van der Waals surface area contributed by atoms with Crippen LogP contribution in [0.2, 0.25) is 0 Å². The van der Waals surface area contributed by atoms with Gasteiger partial charge in [0.25, 0.3) is 0 Å². The summed E-state index contributed by atoms with van der Waals surface area (Å²) in [6.45, 7) is 0. The molecule has 0 atom stereocenters. The van der Waals surface area contributed by atoms with Crippen LogP contribution in [0.3, 0.4) is 0 Å². The molecular formula is C38H24N4O. The number of benzene rings is 6. The minimum Gasteiger partial charge on any atom is -0.416 e. The molecule has 0 amide bonds. The van der Waals surface area contributed by atoms with Gasteiger partial charge in [0.05, 0.1) is 22.1 Å². The standard InChI is InChI=1S/C38H24N4O/c1-5-19-33-29(15-1)30-16-2-6-20-34(30)41(33)27-13-9-11-25(23-27)37-39-40-38(43-37)26-12-10-14-28(24-26)42-35-21-7-3-17-31(35)32-18-4-8-22-36(32)42/h1-24H. The lowest BCUT2D eigenvalue weighted by atomic mass is 10.2. The third-order valence-electron chi connectivity index (χ3n) is 8.29. The summed E-state index contributed by atoms with van der Waals surface area (Å²) >= 11 is 0. The molecule has 0 N–H and O–H groups in total. The normalized spacial score (nSPS) is 11.7. The molecule has 5 heteroatoms. The van der Waals surface area contributed by atoms with E-state index in [-0.39, 0.29) is 0 Å². The smallest absolute Gasteiger partial charge is 0.248 e. The molecule has 202 valence electrons. The van der Waals surface area contributed by atoms with E-state index in [1.54, 1.807) is 0 Å². The molecule has 0 unspecified atom stereocenters. The number of nitrogens with zero attached hydrogens (tertiary/aromatic N) is 4. The Morgan fingerprint density at radius 2 is 0.721 bits per heavy atom. The van der Waals surface area contributed by atoms with Crippen LogP contribution in [0.5, 0.6) is 0 Å². The van der Waals surface area contributed by atoms with E-state index >= 15 is 0 Å². The summed E-state index contributed by atoms with van der Waals surface area (Å²) in [5.74, 6) is 0.972. The molecule has 9 rings (SSSR count). The SMILES string of the molecule is c1cc(-c2nnc(-c3cccc(-n4c5ccccc5c5ccccc54)c3)o2)cc(-n2c3ccccc3c3ccccc32)c1. The second-order valence-corrected chi connectivity index (χ2v) is 10.8.